The van der Waals surface area contributed by atoms with Gasteiger partial charge < -0.3 is 13.9 Å². The third-order valence-corrected chi connectivity index (χ3v) is 2.58. The van der Waals surface area contributed by atoms with Crippen molar-refractivity contribution >= 4 is 8.32 Å². The molecule has 0 saturated heterocycles. The van der Waals surface area contributed by atoms with E-state index in [9.17, 15) is 0 Å². The predicted octanol–water partition coefficient (Wildman–Crippen LogP) is 3.92. The van der Waals surface area contributed by atoms with Crippen molar-refractivity contribution in [2.75, 3.05) is 6.61 Å². The maximum Gasteiger partial charge on any atom is 0.307 e. The fourth-order valence-electron chi connectivity index (χ4n) is 1.16. The van der Waals surface area contributed by atoms with Gasteiger partial charge in [0, 0.05) is 0 Å². The molecule has 0 aliphatic carbocycles. The van der Waals surface area contributed by atoms with Gasteiger partial charge in [0.2, 0.25) is 8.32 Å². The van der Waals surface area contributed by atoms with Crippen molar-refractivity contribution in [2.45, 2.75) is 19.6 Å². The largest absolute Gasteiger partial charge is 0.517 e. The minimum Gasteiger partial charge on any atom is -0.517 e. The molecule has 1 rings (SSSR count). The summed E-state index contributed by atoms with van der Waals surface area (Å²) in [5.74, 6) is 1.12. The molecule has 0 aromatic heterocycles. The SMILES string of the molecule is C=CCO/C=C(/Oc1ccccc1)O[Si](C)(C)C. The lowest BCUT2D eigenvalue weighted by atomic mass is 10.3. The summed E-state index contributed by atoms with van der Waals surface area (Å²) in [6.45, 7) is 10.3. The van der Waals surface area contributed by atoms with E-state index < -0.39 is 8.32 Å². The van der Waals surface area contributed by atoms with E-state index in [1.54, 1.807) is 6.08 Å². The second kappa shape index (κ2) is 6.91. The Balaban J connectivity index is 2.71. The molecule has 0 heterocycles. The highest BCUT2D eigenvalue weighted by Crippen LogP contribution is 2.17. The Bertz CT molecular complexity index is 393. The second-order valence-electron chi connectivity index (χ2n) is 4.69. The fraction of sp³-hybridized carbons (Fsp3) is 0.286. The smallest absolute Gasteiger partial charge is 0.307 e. The summed E-state index contributed by atoms with van der Waals surface area (Å²) >= 11 is 0. The van der Waals surface area contributed by atoms with Crippen LogP contribution < -0.4 is 4.74 Å². The molecule has 0 spiro atoms. The molecule has 1 aromatic rings. The Labute approximate surface area is 110 Å². The Morgan fingerprint density at radius 2 is 1.89 bits per heavy atom. The van der Waals surface area contributed by atoms with Crippen LogP contribution in [-0.2, 0) is 9.16 Å². The van der Waals surface area contributed by atoms with E-state index in [0.717, 1.165) is 5.75 Å². The van der Waals surface area contributed by atoms with Crippen LogP contribution in [0.25, 0.3) is 0 Å². The first-order valence-corrected chi connectivity index (χ1v) is 9.26. The molecular weight excluding hydrogens is 244 g/mol. The van der Waals surface area contributed by atoms with Crippen LogP contribution in [-0.4, -0.2) is 14.9 Å². The third-order valence-electron chi connectivity index (χ3n) is 1.76. The van der Waals surface area contributed by atoms with E-state index >= 15 is 0 Å². The Morgan fingerprint density at radius 3 is 2.44 bits per heavy atom. The number of benzene rings is 1. The summed E-state index contributed by atoms with van der Waals surface area (Å²) in [7, 11) is -1.73. The van der Waals surface area contributed by atoms with Gasteiger partial charge in [-0.15, -0.1) is 0 Å². The van der Waals surface area contributed by atoms with Crippen LogP contribution in [0.1, 0.15) is 0 Å². The Kier molecular flexibility index (Phi) is 5.52. The molecule has 3 nitrogen and oxygen atoms in total. The van der Waals surface area contributed by atoms with Crippen molar-refractivity contribution in [3.63, 3.8) is 0 Å². The summed E-state index contributed by atoms with van der Waals surface area (Å²) < 4.78 is 16.7. The molecule has 0 fully saturated rings. The molecule has 0 N–H and O–H groups in total. The zero-order valence-electron chi connectivity index (χ0n) is 11.2. The first-order chi connectivity index (χ1) is 8.51. The second-order valence-corrected chi connectivity index (χ2v) is 9.12. The zero-order valence-corrected chi connectivity index (χ0v) is 12.2. The molecule has 1 aromatic carbocycles. The van der Waals surface area contributed by atoms with Gasteiger partial charge in [-0.05, 0) is 31.8 Å². The maximum atomic E-state index is 5.81. The standard InChI is InChI=1S/C14H20O3Si/c1-5-11-15-12-14(17-18(2,3)4)16-13-9-7-6-8-10-13/h5-10,12H,1,11H2,2-4H3/b14-12-. The highest BCUT2D eigenvalue weighted by molar-refractivity contribution is 6.70. The molecule has 0 saturated carbocycles. The summed E-state index contributed by atoms with van der Waals surface area (Å²) in [5.41, 5.74) is 0. The van der Waals surface area contributed by atoms with Gasteiger partial charge in [-0.2, -0.15) is 0 Å². The topological polar surface area (TPSA) is 27.7 Å². The first kappa shape index (κ1) is 14.4. The third kappa shape index (κ3) is 6.15. The van der Waals surface area contributed by atoms with Crippen LogP contribution in [0, 0.1) is 0 Å². The van der Waals surface area contributed by atoms with Crippen molar-refractivity contribution < 1.29 is 13.9 Å². The van der Waals surface area contributed by atoms with Crippen LogP contribution in [0.15, 0.2) is 55.2 Å². The van der Waals surface area contributed by atoms with Crippen molar-refractivity contribution in [2.24, 2.45) is 0 Å². The lowest BCUT2D eigenvalue weighted by molar-refractivity contribution is 0.179. The molecule has 0 unspecified atom stereocenters. The maximum absolute atomic E-state index is 5.81. The molecule has 0 radical (unpaired) electrons. The van der Waals surface area contributed by atoms with Crippen LogP contribution in [0.3, 0.4) is 0 Å². The lowest BCUT2D eigenvalue weighted by Gasteiger charge is -2.21. The van der Waals surface area contributed by atoms with Gasteiger partial charge in [0.15, 0.2) is 6.26 Å². The van der Waals surface area contributed by atoms with Gasteiger partial charge in [0.25, 0.3) is 0 Å². The number of ether oxygens (including phenoxy) is 2. The lowest BCUT2D eigenvalue weighted by Crippen LogP contribution is -2.26. The van der Waals surface area contributed by atoms with Crippen molar-refractivity contribution in [3.8, 4) is 5.75 Å². The average molecular weight is 264 g/mol. The average Bonchev–Trinajstić information content (AvgIpc) is 2.28. The van der Waals surface area contributed by atoms with Crippen molar-refractivity contribution in [1.82, 2.24) is 0 Å². The van der Waals surface area contributed by atoms with E-state index in [1.807, 2.05) is 30.3 Å². The summed E-state index contributed by atoms with van der Waals surface area (Å²) in [4.78, 5) is 0. The van der Waals surface area contributed by atoms with Gasteiger partial charge in [-0.1, -0.05) is 30.9 Å². The molecule has 0 amide bonds. The van der Waals surface area contributed by atoms with Crippen LogP contribution in [0.2, 0.25) is 19.6 Å². The highest BCUT2D eigenvalue weighted by Gasteiger charge is 2.19. The zero-order chi connectivity index (χ0) is 13.4. The van der Waals surface area contributed by atoms with Crippen LogP contribution >= 0.6 is 0 Å². The molecule has 98 valence electrons. The van der Waals surface area contributed by atoms with Crippen molar-refractivity contribution in [3.05, 3.63) is 55.2 Å². The van der Waals surface area contributed by atoms with Crippen LogP contribution in [0.5, 0.6) is 5.75 Å². The van der Waals surface area contributed by atoms with E-state index in [1.165, 1.54) is 6.26 Å². The van der Waals surface area contributed by atoms with E-state index in [2.05, 4.69) is 26.2 Å². The molecule has 18 heavy (non-hydrogen) atoms. The predicted molar refractivity (Wildman–Crippen MR) is 75.7 cm³/mol. The number of rotatable bonds is 7. The Hall–Kier alpha value is -1.68. The minimum atomic E-state index is -1.73. The van der Waals surface area contributed by atoms with Gasteiger partial charge in [0.05, 0.1) is 0 Å². The number of para-hydroxylation sites is 1. The Morgan fingerprint density at radius 1 is 1.22 bits per heavy atom. The van der Waals surface area contributed by atoms with Gasteiger partial charge in [-0.3, -0.25) is 0 Å². The highest BCUT2D eigenvalue weighted by atomic mass is 28.4. The molecule has 4 heteroatoms. The van der Waals surface area contributed by atoms with E-state index in [-0.39, 0.29) is 0 Å². The molecule has 0 aliphatic rings. The fourth-order valence-corrected chi connectivity index (χ4v) is 1.85. The molecule has 0 atom stereocenters. The van der Waals surface area contributed by atoms with Crippen molar-refractivity contribution in [1.29, 1.82) is 0 Å². The minimum absolute atomic E-state index is 0.391. The monoisotopic (exact) mass is 264 g/mol. The molecule has 0 aliphatic heterocycles. The van der Waals surface area contributed by atoms with Gasteiger partial charge >= 0.3 is 5.95 Å². The molecular formula is C14H20O3Si. The quantitative estimate of drug-likeness (QED) is 0.323. The molecule has 0 bridgehead atoms. The summed E-state index contributed by atoms with van der Waals surface area (Å²) in [6.07, 6.45) is 3.16. The van der Waals surface area contributed by atoms with E-state index in [0.29, 0.717) is 12.6 Å². The van der Waals surface area contributed by atoms with E-state index in [4.69, 9.17) is 13.9 Å². The summed E-state index contributed by atoms with van der Waals surface area (Å²) in [6, 6.07) is 9.49. The van der Waals surface area contributed by atoms with Gasteiger partial charge in [0.1, 0.15) is 12.4 Å². The van der Waals surface area contributed by atoms with Gasteiger partial charge in [-0.25, -0.2) is 0 Å². The van der Waals surface area contributed by atoms with Crippen LogP contribution in [0.4, 0.5) is 0 Å². The summed E-state index contributed by atoms with van der Waals surface area (Å²) in [5, 5.41) is 0. The normalized spacial score (nSPS) is 11.8. The number of hydrogen-bond donors (Lipinski definition) is 0. The number of hydrogen-bond acceptors (Lipinski definition) is 3. The first-order valence-electron chi connectivity index (χ1n) is 5.86.